The summed E-state index contributed by atoms with van der Waals surface area (Å²) in [5.41, 5.74) is 0.160. The highest BCUT2D eigenvalue weighted by molar-refractivity contribution is 5.76. The zero-order valence-electron chi connectivity index (χ0n) is 7.88. The van der Waals surface area contributed by atoms with Crippen molar-refractivity contribution in [2.75, 3.05) is 13.2 Å². The maximum Gasteiger partial charge on any atom is 0.220 e. The first-order valence-corrected chi connectivity index (χ1v) is 5.14. The molecule has 2 N–H and O–H groups in total. The normalized spacial score (nSPS) is 32.1. The predicted molar refractivity (Wildman–Crippen MR) is 49.1 cm³/mol. The number of amides is 1. The molecule has 1 atom stereocenters. The molecule has 2 aliphatic rings. The van der Waals surface area contributed by atoms with E-state index in [1.54, 1.807) is 0 Å². The summed E-state index contributed by atoms with van der Waals surface area (Å²) in [5.74, 6) is 0.688. The number of carbonyl (C=O) groups is 1. The summed E-state index contributed by atoms with van der Waals surface area (Å²) in [5, 5.41) is 12.2. The van der Waals surface area contributed by atoms with Crippen molar-refractivity contribution in [1.29, 1.82) is 0 Å². The van der Waals surface area contributed by atoms with Gasteiger partial charge in [-0.15, -0.1) is 0 Å². The topological polar surface area (TPSA) is 49.3 Å². The number of aliphatic hydroxyl groups is 1. The predicted octanol–water partition coefficient (Wildman–Crippen LogP) is 0.675. The number of nitrogens with one attached hydrogen (secondary N) is 1. The van der Waals surface area contributed by atoms with Crippen LogP contribution in [0.25, 0.3) is 0 Å². The van der Waals surface area contributed by atoms with Gasteiger partial charge in [-0.25, -0.2) is 0 Å². The molecule has 1 saturated carbocycles. The highest BCUT2D eigenvalue weighted by Crippen LogP contribution is 2.48. The van der Waals surface area contributed by atoms with Crippen molar-refractivity contribution in [2.24, 2.45) is 11.3 Å². The lowest BCUT2D eigenvalue weighted by Crippen LogP contribution is -2.48. The second-order valence-electron chi connectivity index (χ2n) is 4.41. The zero-order chi connectivity index (χ0) is 9.31. The molecule has 0 bridgehead atoms. The minimum absolute atomic E-state index is 0.160. The molecule has 1 saturated heterocycles. The van der Waals surface area contributed by atoms with Crippen LogP contribution in [0.2, 0.25) is 0 Å². The molecule has 3 nitrogen and oxygen atoms in total. The van der Waals surface area contributed by atoms with Gasteiger partial charge in [-0.2, -0.15) is 0 Å². The summed E-state index contributed by atoms with van der Waals surface area (Å²) in [6, 6.07) is 0. The van der Waals surface area contributed by atoms with Crippen LogP contribution in [0.4, 0.5) is 0 Å². The Labute approximate surface area is 78.5 Å². The van der Waals surface area contributed by atoms with Crippen LogP contribution in [0.5, 0.6) is 0 Å². The molecule has 0 aromatic carbocycles. The second-order valence-corrected chi connectivity index (χ2v) is 4.41. The Morgan fingerprint density at radius 2 is 2.31 bits per heavy atom. The van der Waals surface area contributed by atoms with Gasteiger partial charge < -0.3 is 10.4 Å². The Kier molecular flexibility index (Phi) is 2.28. The summed E-state index contributed by atoms with van der Waals surface area (Å²) in [6.07, 6.45) is 5.14. The Morgan fingerprint density at radius 3 is 2.69 bits per heavy atom. The van der Waals surface area contributed by atoms with E-state index in [4.69, 9.17) is 0 Å². The summed E-state index contributed by atoms with van der Waals surface area (Å²) in [4.78, 5) is 11.0. The Morgan fingerprint density at radius 1 is 1.54 bits per heavy atom. The summed E-state index contributed by atoms with van der Waals surface area (Å²) < 4.78 is 0. The minimum atomic E-state index is 0.160. The Hall–Kier alpha value is -0.570. The minimum Gasteiger partial charge on any atom is -0.396 e. The van der Waals surface area contributed by atoms with Gasteiger partial charge in [-0.3, -0.25) is 4.79 Å². The van der Waals surface area contributed by atoms with E-state index in [1.807, 2.05) is 0 Å². The zero-order valence-corrected chi connectivity index (χ0v) is 7.88. The van der Waals surface area contributed by atoms with Crippen LogP contribution in [-0.4, -0.2) is 24.2 Å². The molecule has 2 fully saturated rings. The lowest BCUT2D eigenvalue weighted by Gasteiger charge is -2.48. The number of piperidine rings is 1. The smallest absolute Gasteiger partial charge is 0.220 e. The van der Waals surface area contributed by atoms with Crippen LogP contribution < -0.4 is 5.32 Å². The SMILES string of the molecule is O=C1CCC(C2(CO)CCC2)CN1. The van der Waals surface area contributed by atoms with Gasteiger partial charge in [-0.1, -0.05) is 6.42 Å². The molecule has 2 rings (SSSR count). The maximum atomic E-state index is 11.0. The van der Waals surface area contributed by atoms with Gasteiger partial charge in [0.1, 0.15) is 0 Å². The molecule has 3 heteroatoms. The van der Waals surface area contributed by atoms with Crippen LogP contribution in [0.15, 0.2) is 0 Å². The first kappa shape index (κ1) is 9.00. The van der Waals surface area contributed by atoms with E-state index in [0.717, 1.165) is 25.8 Å². The molecule has 13 heavy (non-hydrogen) atoms. The molecule has 0 aromatic rings. The van der Waals surface area contributed by atoms with Gasteiger partial charge in [0.25, 0.3) is 0 Å². The molecular formula is C10H17NO2. The van der Waals surface area contributed by atoms with E-state index in [1.165, 1.54) is 6.42 Å². The summed E-state index contributed by atoms with van der Waals surface area (Å²) >= 11 is 0. The fourth-order valence-electron chi connectivity index (χ4n) is 2.58. The van der Waals surface area contributed by atoms with E-state index in [9.17, 15) is 9.90 Å². The third-order valence-electron chi connectivity index (χ3n) is 3.80. The van der Waals surface area contributed by atoms with Gasteiger partial charge in [-0.05, 0) is 30.6 Å². The van der Waals surface area contributed by atoms with Crippen LogP contribution in [0, 0.1) is 11.3 Å². The Bertz CT molecular complexity index is 195. The standard InChI is InChI=1S/C10H17NO2/c12-7-10(4-1-5-10)8-2-3-9(13)11-6-8/h8,12H,1-7H2,(H,11,13). The van der Waals surface area contributed by atoms with Crippen LogP contribution >= 0.6 is 0 Å². The van der Waals surface area contributed by atoms with Crippen LogP contribution in [0.3, 0.4) is 0 Å². The van der Waals surface area contributed by atoms with Crippen molar-refractivity contribution in [3.05, 3.63) is 0 Å². The highest BCUT2D eigenvalue weighted by Gasteiger charge is 2.44. The van der Waals surface area contributed by atoms with E-state index in [0.29, 0.717) is 18.9 Å². The monoisotopic (exact) mass is 183 g/mol. The van der Waals surface area contributed by atoms with E-state index >= 15 is 0 Å². The first-order chi connectivity index (χ1) is 6.27. The molecule has 1 heterocycles. The molecule has 0 spiro atoms. The Balaban J connectivity index is 1.96. The van der Waals surface area contributed by atoms with E-state index in [2.05, 4.69) is 5.32 Å². The van der Waals surface area contributed by atoms with Crippen molar-refractivity contribution in [3.8, 4) is 0 Å². The largest absolute Gasteiger partial charge is 0.396 e. The summed E-state index contributed by atoms with van der Waals surface area (Å²) in [7, 11) is 0. The van der Waals surface area contributed by atoms with Crippen molar-refractivity contribution < 1.29 is 9.90 Å². The number of hydrogen-bond donors (Lipinski definition) is 2. The molecule has 1 amide bonds. The third kappa shape index (κ3) is 1.46. The number of hydrogen-bond acceptors (Lipinski definition) is 2. The molecule has 0 radical (unpaired) electrons. The lowest BCUT2D eigenvalue weighted by molar-refractivity contribution is -0.125. The first-order valence-electron chi connectivity index (χ1n) is 5.14. The second kappa shape index (κ2) is 3.29. The van der Waals surface area contributed by atoms with Crippen molar-refractivity contribution >= 4 is 5.91 Å². The molecular weight excluding hydrogens is 166 g/mol. The average Bonchev–Trinajstić information content (AvgIpc) is 2.07. The van der Waals surface area contributed by atoms with Gasteiger partial charge in [0.2, 0.25) is 5.91 Å². The number of rotatable bonds is 2. The van der Waals surface area contributed by atoms with Gasteiger partial charge >= 0.3 is 0 Å². The molecule has 74 valence electrons. The fraction of sp³-hybridized carbons (Fsp3) is 0.900. The molecule has 1 aliphatic heterocycles. The van der Waals surface area contributed by atoms with Gasteiger partial charge in [0, 0.05) is 19.6 Å². The fourth-order valence-corrected chi connectivity index (χ4v) is 2.58. The quantitative estimate of drug-likeness (QED) is 0.661. The van der Waals surface area contributed by atoms with Crippen LogP contribution in [0.1, 0.15) is 32.1 Å². The van der Waals surface area contributed by atoms with E-state index < -0.39 is 0 Å². The number of aliphatic hydroxyl groups excluding tert-OH is 1. The molecule has 1 unspecified atom stereocenters. The van der Waals surface area contributed by atoms with Crippen LogP contribution in [-0.2, 0) is 4.79 Å². The van der Waals surface area contributed by atoms with Gasteiger partial charge in [0.15, 0.2) is 0 Å². The maximum absolute atomic E-state index is 11.0. The van der Waals surface area contributed by atoms with E-state index in [-0.39, 0.29) is 11.3 Å². The lowest BCUT2D eigenvalue weighted by atomic mass is 9.60. The molecule has 0 aromatic heterocycles. The van der Waals surface area contributed by atoms with Gasteiger partial charge in [0.05, 0.1) is 0 Å². The number of carbonyl (C=O) groups excluding carboxylic acids is 1. The van der Waals surface area contributed by atoms with Crippen molar-refractivity contribution in [1.82, 2.24) is 5.32 Å². The van der Waals surface area contributed by atoms with Crippen molar-refractivity contribution in [2.45, 2.75) is 32.1 Å². The summed E-state index contributed by atoms with van der Waals surface area (Å²) in [6.45, 7) is 1.08. The van der Waals surface area contributed by atoms with Crippen molar-refractivity contribution in [3.63, 3.8) is 0 Å². The highest BCUT2D eigenvalue weighted by atomic mass is 16.3. The molecule has 1 aliphatic carbocycles. The average molecular weight is 183 g/mol. The third-order valence-corrected chi connectivity index (χ3v) is 3.80.